The predicted molar refractivity (Wildman–Crippen MR) is 84.4 cm³/mol. The first-order chi connectivity index (χ1) is 10.1. The van der Waals surface area contributed by atoms with Crippen LogP contribution in [-0.2, 0) is 0 Å². The van der Waals surface area contributed by atoms with Crippen LogP contribution in [0, 0.1) is 5.92 Å². The Balaban J connectivity index is 1.62. The van der Waals surface area contributed by atoms with Crippen molar-refractivity contribution >= 4 is 17.4 Å². The molecule has 2 aliphatic rings. The Morgan fingerprint density at radius 3 is 2.90 bits per heavy atom. The number of carbonyl (C=O) groups excluding carboxylic acids is 1. The van der Waals surface area contributed by atoms with E-state index in [1.807, 2.05) is 16.5 Å². The first-order valence-electron chi connectivity index (χ1n) is 7.76. The van der Waals surface area contributed by atoms with Crippen molar-refractivity contribution in [2.75, 3.05) is 27.2 Å². The van der Waals surface area contributed by atoms with Crippen LogP contribution in [0.15, 0.2) is 11.6 Å². The van der Waals surface area contributed by atoms with E-state index in [0.717, 1.165) is 24.5 Å². The van der Waals surface area contributed by atoms with Crippen molar-refractivity contribution in [1.82, 2.24) is 20.1 Å². The van der Waals surface area contributed by atoms with Gasteiger partial charge in [0.15, 0.2) is 0 Å². The smallest absolute Gasteiger partial charge is 0.318 e. The van der Waals surface area contributed by atoms with Gasteiger partial charge in [-0.1, -0.05) is 0 Å². The number of amides is 2. The van der Waals surface area contributed by atoms with Crippen molar-refractivity contribution in [3.63, 3.8) is 0 Å². The standard InChI is InChI=1S/C15H24N4OS/c1-18(2)12-4-3-8-19(10-12)15(20)17-13(11-5-6-11)14-16-7-9-21-14/h7,9,11-13H,3-6,8,10H2,1-2H3,(H,17,20)/t12-,13-/m0/s1. The Morgan fingerprint density at radius 2 is 2.29 bits per heavy atom. The van der Waals surface area contributed by atoms with Crippen molar-refractivity contribution in [3.8, 4) is 0 Å². The van der Waals surface area contributed by atoms with Gasteiger partial charge in [0.2, 0.25) is 0 Å². The molecule has 2 atom stereocenters. The maximum Gasteiger partial charge on any atom is 0.318 e. The number of thiazole rings is 1. The number of hydrogen-bond donors (Lipinski definition) is 1. The zero-order chi connectivity index (χ0) is 14.8. The van der Waals surface area contributed by atoms with Crippen LogP contribution in [0.1, 0.15) is 36.7 Å². The molecule has 2 heterocycles. The second-order valence-corrected chi connectivity index (χ2v) is 7.27. The van der Waals surface area contributed by atoms with Gasteiger partial charge in [-0.05, 0) is 45.7 Å². The fourth-order valence-electron chi connectivity index (χ4n) is 2.98. The summed E-state index contributed by atoms with van der Waals surface area (Å²) in [5.41, 5.74) is 0. The van der Waals surface area contributed by atoms with Crippen LogP contribution in [0.3, 0.4) is 0 Å². The summed E-state index contributed by atoms with van der Waals surface area (Å²) in [5.74, 6) is 0.578. The van der Waals surface area contributed by atoms with Crippen molar-refractivity contribution in [1.29, 1.82) is 0 Å². The lowest BCUT2D eigenvalue weighted by atomic mass is 10.1. The van der Waals surface area contributed by atoms with Gasteiger partial charge in [0.25, 0.3) is 0 Å². The second-order valence-electron chi connectivity index (χ2n) is 6.34. The Hall–Kier alpha value is -1.14. The summed E-state index contributed by atoms with van der Waals surface area (Å²) in [7, 11) is 4.18. The van der Waals surface area contributed by atoms with Crippen molar-refractivity contribution in [3.05, 3.63) is 16.6 Å². The Labute approximate surface area is 130 Å². The molecule has 0 spiro atoms. The molecule has 5 nitrogen and oxygen atoms in total. The highest BCUT2D eigenvalue weighted by Gasteiger charge is 2.36. The monoisotopic (exact) mass is 308 g/mol. The third kappa shape index (κ3) is 3.55. The summed E-state index contributed by atoms with van der Waals surface area (Å²) in [6.07, 6.45) is 6.48. The molecule has 1 N–H and O–H groups in total. The minimum Gasteiger partial charge on any atom is -0.328 e. The third-order valence-corrected chi connectivity index (χ3v) is 5.36. The van der Waals surface area contributed by atoms with Crippen LogP contribution in [-0.4, -0.2) is 54.0 Å². The number of carbonyl (C=O) groups is 1. The van der Waals surface area contributed by atoms with Gasteiger partial charge in [-0.2, -0.15) is 0 Å². The highest BCUT2D eigenvalue weighted by Crippen LogP contribution is 2.41. The summed E-state index contributed by atoms with van der Waals surface area (Å²) >= 11 is 1.64. The lowest BCUT2D eigenvalue weighted by molar-refractivity contribution is 0.137. The second kappa shape index (κ2) is 6.32. The fraction of sp³-hybridized carbons (Fsp3) is 0.733. The summed E-state index contributed by atoms with van der Waals surface area (Å²) in [5, 5.41) is 6.26. The summed E-state index contributed by atoms with van der Waals surface area (Å²) in [6, 6.07) is 0.662. The normalized spacial score (nSPS) is 24.1. The maximum atomic E-state index is 12.6. The molecular formula is C15H24N4OS. The molecule has 2 amide bonds. The van der Waals surface area contributed by atoms with E-state index in [4.69, 9.17) is 0 Å². The van der Waals surface area contributed by atoms with E-state index in [1.165, 1.54) is 19.3 Å². The molecule has 1 aliphatic heterocycles. The van der Waals surface area contributed by atoms with Gasteiger partial charge >= 0.3 is 6.03 Å². The van der Waals surface area contributed by atoms with E-state index in [1.54, 1.807) is 11.3 Å². The highest BCUT2D eigenvalue weighted by molar-refractivity contribution is 7.09. The molecule has 2 fully saturated rings. The lowest BCUT2D eigenvalue weighted by Gasteiger charge is -2.36. The Bertz CT molecular complexity index is 472. The number of urea groups is 1. The van der Waals surface area contributed by atoms with Crippen LogP contribution in [0.25, 0.3) is 0 Å². The number of nitrogens with zero attached hydrogens (tertiary/aromatic N) is 3. The third-order valence-electron chi connectivity index (χ3n) is 4.50. The maximum absolute atomic E-state index is 12.6. The van der Waals surface area contributed by atoms with E-state index in [9.17, 15) is 4.79 Å². The minimum absolute atomic E-state index is 0.0775. The summed E-state index contributed by atoms with van der Waals surface area (Å²) in [4.78, 5) is 21.2. The van der Waals surface area contributed by atoms with Gasteiger partial charge in [0, 0.05) is 30.7 Å². The van der Waals surface area contributed by atoms with Crippen LogP contribution in [0.2, 0.25) is 0 Å². The topological polar surface area (TPSA) is 48.5 Å². The van der Waals surface area contributed by atoms with Gasteiger partial charge in [-0.15, -0.1) is 11.3 Å². The SMILES string of the molecule is CN(C)[C@H]1CCCN(C(=O)N[C@H](c2nccs2)C2CC2)C1. The van der Waals surface area contributed by atoms with Gasteiger partial charge in [-0.3, -0.25) is 0 Å². The fourth-order valence-corrected chi connectivity index (χ4v) is 3.76. The van der Waals surface area contributed by atoms with E-state index >= 15 is 0 Å². The first kappa shape index (κ1) is 14.8. The van der Waals surface area contributed by atoms with Crippen LogP contribution in [0.5, 0.6) is 0 Å². The van der Waals surface area contributed by atoms with Gasteiger partial charge < -0.3 is 15.1 Å². The quantitative estimate of drug-likeness (QED) is 0.929. The van der Waals surface area contributed by atoms with Crippen molar-refractivity contribution in [2.24, 2.45) is 5.92 Å². The zero-order valence-corrected chi connectivity index (χ0v) is 13.6. The molecule has 0 radical (unpaired) electrons. The Morgan fingerprint density at radius 1 is 1.48 bits per heavy atom. The summed E-state index contributed by atoms with van der Waals surface area (Å²) in [6.45, 7) is 1.69. The molecule has 0 bridgehead atoms. The number of rotatable bonds is 4. The number of likely N-dealkylation sites (tertiary alicyclic amines) is 1. The lowest BCUT2D eigenvalue weighted by Crippen LogP contribution is -2.51. The molecule has 116 valence electrons. The van der Waals surface area contributed by atoms with Crippen molar-refractivity contribution < 1.29 is 4.79 Å². The van der Waals surface area contributed by atoms with E-state index < -0.39 is 0 Å². The zero-order valence-electron chi connectivity index (χ0n) is 12.8. The minimum atomic E-state index is 0.0775. The van der Waals surface area contributed by atoms with Crippen LogP contribution in [0.4, 0.5) is 4.79 Å². The van der Waals surface area contributed by atoms with Crippen LogP contribution >= 0.6 is 11.3 Å². The number of aromatic nitrogens is 1. The molecule has 0 aromatic carbocycles. The molecule has 6 heteroatoms. The molecule has 1 saturated heterocycles. The average Bonchev–Trinajstić information content (AvgIpc) is 3.18. The molecule has 1 saturated carbocycles. The average molecular weight is 308 g/mol. The molecule has 1 aromatic rings. The first-order valence-corrected chi connectivity index (χ1v) is 8.64. The van der Waals surface area contributed by atoms with Gasteiger partial charge in [0.1, 0.15) is 5.01 Å². The Kier molecular flexibility index (Phi) is 4.45. The number of piperidine rings is 1. The number of likely N-dealkylation sites (N-methyl/N-ethyl adjacent to an activating group) is 1. The van der Waals surface area contributed by atoms with Gasteiger partial charge in [-0.25, -0.2) is 9.78 Å². The van der Waals surface area contributed by atoms with E-state index in [-0.39, 0.29) is 12.1 Å². The predicted octanol–water partition coefficient (Wildman–Crippen LogP) is 2.33. The van der Waals surface area contributed by atoms with E-state index in [2.05, 4.69) is 29.3 Å². The molecule has 1 aromatic heterocycles. The van der Waals surface area contributed by atoms with Crippen molar-refractivity contribution in [2.45, 2.75) is 37.8 Å². The molecular weight excluding hydrogens is 284 g/mol. The largest absolute Gasteiger partial charge is 0.328 e. The van der Waals surface area contributed by atoms with E-state index in [0.29, 0.717) is 12.0 Å². The molecule has 1 aliphatic carbocycles. The summed E-state index contributed by atoms with van der Waals surface area (Å²) < 4.78 is 0. The highest BCUT2D eigenvalue weighted by atomic mass is 32.1. The number of nitrogens with one attached hydrogen (secondary N) is 1. The molecule has 21 heavy (non-hydrogen) atoms. The van der Waals surface area contributed by atoms with Crippen LogP contribution < -0.4 is 5.32 Å². The number of hydrogen-bond acceptors (Lipinski definition) is 4. The molecule has 0 unspecified atom stereocenters. The van der Waals surface area contributed by atoms with Gasteiger partial charge in [0.05, 0.1) is 6.04 Å². The molecule has 3 rings (SSSR count).